The molecule has 3 aromatic rings. The van der Waals surface area contributed by atoms with E-state index >= 15 is 0 Å². The maximum Gasteiger partial charge on any atom is 0.341 e. The molecule has 2 aromatic carbocycles. The molecule has 35 heavy (non-hydrogen) atoms. The van der Waals surface area contributed by atoms with Crippen molar-refractivity contribution in [2.45, 2.75) is 52.6 Å². The summed E-state index contributed by atoms with van der Waals surface area (Å²) in [6, 6.07) is 13.6. The van der Waals surface area contributed by atoms with Crippen molar-refractivity contribution in [2.24, 2.45) is 0 Å². The van der Waals surface area contributed by atoms with Gasteiger partial charge in [0.15, 0.2) is 0 Å². The van der Waals surface area contributed by atoms with Crippen molar-refractivity contribution in [3.63, 3.8) is 0 Å². The van der Waals surface area contributed by atoms with Gasteiger partial charge < -0.3 is 14.8 Å². The van der Waals surface area contributed by atoms with Crippen LogP contribution in [0.25, 0.3) is 16.8 Å². The molecule has 1 N–H and O–H groups in total. The van der Waals surface area contributed by atoms with Crippen molar-refractivity contribution in [3.05, 3.63) is 63.5 Å². The molecule has 0 saturated heterocycles. The third-order valence-electron chi connectivity index (χ3n) is 5.83. The summed E-state index contributed by atoms with van der Waals surface area (Å²) in [5, 5.41) is 15.0. The summed E-state index contributed by atoms with van der Waals surface area (Å²) in [6.07, 6.45) is 5.18. The fourth-order valence-corrected chi connectivity index (χ4v) is 5.59. The van der Waals surface area contributed by atoms with Crippen LogP contribution in [0.3, 0.4) is 0 Å². The number of esters is 1. The molecule has 4 rings (SSSR count). The van der Waals surface area contributed by atoms with Gasteiger partial charge in [0, 0.05) is 10.4 Å². The van der Waals surface area contributed by atoms with Crippen molar-refractivity contribution in [2.75, 3.05) is 11.9 Å². The molecule has 0 spiro atoms. The van der Waals surface area contributed by atoms with Gasteiger partial charge in [-0.3, -0.25) is 4.79 Å². The van der Waals surface area contributed by atoms with Crippen LogP contribution < -0.4 is 10.1 Å². The fraction of sp³-hybridized carbons (Fsp3) is 0.321. The Morgan fingerprint density at radius 3 is 2.69 bits per heavy atom. The molecular weight excluding hydrogens is 460 g/mol. The molecular formula is C28H28N2O4S. The van der Waals surface area contributed by atoms with Crippen molar-refractivity contribution in [1.82, 2.24) is 0 Å². The van der Waals surface area contributed by atoms with Crippen LogP contribution >= 0.6 is 11.3 Å². The molecule has 1 amide bonds. The number of carbonyl (C=O) groups is 2. The van der Waals surface area contributed by atoms with Gasteiger partial charge in [0.1, 0.15) is 22.4 Å². The van der Waals surface area contributed by atoms with Gasteiger partial charge in [-0.15, -0.1) is 11.3 Å². The highest BCUT2D eigenvalue weighted by molar-refractivity contribution is 7.17. The summed E-state index contributed by atoms with van der Waals surface area (Å²) >= 11 is 1.40. The zero-order valence-electron chi connectivity index (χ0n) is 20.1. The minimum Gasteiger partial charge on any atom is -0.490 e. The van der Waals surface area contributed by atoms with E-state index in [-0.39, 0.29) is 18.3 Å². The number of nitriles is 1. The Hall–Kier alpha value is -3.63. The smallest absolute Gasteiger partial charge is 0.341 e. The summed E-state index contributed by atoms with van der Waals surface area (Å²) in [4.78, 5) is 27.1. The molecule has 1 aromatic heterocycles. The number of fused-ring (bicyclic) bond motifs is 2. The summed E-state index contributed by atoms with van der Waals surface area (Å²) in [5.41, 5.74) is 1.97. The highest BCUT2D eigenvalue weighted by Gasteiger charge is 2.28. The second-order valence-corrected chi connectivity index (χ2v) is 9.73. The number of ether oxygens (including phenoxy) is 2. The van der Waals surface area contributed by atoms with Gasteiger partial charge in [-0.2, -0.15) is 5.26 Å². The number of thiophene rings is 1. The van der Waals surface area contributed by atoms with Crippen molar-refractivity contribution < 1.29 is 19.1 Å². The number of hydrogen-bond donors (Lipinski definition) is 1. The molecule has 0 unspecified atom stereocenters. The third kappa shape index (κ3) is 5.23. The summed E-state index contributed by atoms with van der Waals surface area (Å²) in [7, 11) is 0. The van der Waals surface area contributed by atoms with Crippen LogP contribution in [0.2, 0.25) is 0 Å². The van der Waals surface area contributed by atoms with Gasteiger partial charge in [0.05, 0.1) is 18.3 Å². The lowest BCUT2D eigenvalue weighted by Crippen LogP contribution is -2.17. The summed E-state index contributed by atoms with van der Waals surface area (Å²) in [6.45, 7) is 5.86. The van der Waals surface area contributed by atoms with E-state index in [9.17, 15) is 14.9 Å². The Balaban J connectivity index is 1.74. The number of nitrogens with one attached hydrogen (secondary N) is 1. The Kier molecular flexibility index (Phi) is 7.52. The molecule has 0 atom stereocenters. The molecule has 1 aliphatic carbocycles. The number of hydrogen-bond acceptors (Lipinski definition) is 6. The van der Waals surface area contributed by atoms with Crippen LogP contribution in [-0.2, 0) is 22.4 Å². The molecule has 0 fully saturated rings. The molecule has 180 valence electrons. The van der Waals surface area contributed by atoms with E-state index in [1.54, 1.807) is 13.0 Å². The minimum atomic E-state index is -0.569. The number of aryl methyl sites for hydroxylation is 1. The Bertz CT molecular complexity index is 1350. The summed E-state index contributed by atoms with van der Waals surface area (Å²) < 4.78 is 11.3. The lowest BCUT2D eigenvalue weighted by Gasteiger charge is -2.15. The first-order chi connectivity index (χ1) is 16.9. The highest BCUT2D eigenvalue weighted by atomic mass is 32.1. The predicted octanol–water partition coefficient (Wildman–Crippen LogP) is 6.29. The number of benzene rings is 2. The van der Waals surface area contributed by atoms with E-state index in [0.717, 1.165) is 46.9 Å². The molecule has 6 nitrogen and oxygen atoms in total. The Morgan fingerprint density at radius 2 is 1.94 bits per heavy atom. The van der Waals surface area contributed by atoms with Crippen LogP contribution in [0.5, 0.6) is 5.75 Å². The standard InChI is InChI=1S/C28H28N2O4S/c1-4-33-28(32)25-21-11-7-8-12-24(21)35-27(25)30-26(31)19(16-29)15-22-20-10-6-5-9-18(20)13-14-23(22)34-17(2)3/h5-6,9-10,13-15,17H,4,7-8,11-12H2,1-3H3,(H,30,31)/b19-15+. The molecule has 0 saturated carbocycles. The molecule has 7 heteroatoms. The van der Waals surface area contributed by atoms with Crippen LogP contribution in [0.4, 0.5) is 5.00 Å². The zero-order valence-corrected chi connectivity index (χ0v) is 21.0. The summed E-state index contributed by atoms with van der Waals surface area (Å²) in [5.74, 6) is -0.413. The third-order valence-corrected chi connectivity index (χ3v) is 7.03. The Labute approximate surface area is 209 Å². The van der Waals surface area contributed by atoms with Gasteiger partial charge >= 0.3 is 5.97 Å². The molecule has 0 radical (unpaired) electrons. The first kappa shape index (κ1) is 24.5. The SMILES string of the molecule is CCOC(=O)c1c(NC(=O)/C(C#N)=C/c2c(OC(C)C)ccc3ccccc23)sc2c1CCCC2. The number of rotatable bonds is 7. The van der Waals surface area contributed by atoms with Gasteiger partial charge in [0.2, 0.25) is 0 Å². The monoisotopic (exact) mass is 488 g/mol. The first-order valence-corrected chi connectivity index (χ1v) is 12.7. The quantitative estimate of drug-likeness (QED) is 0.240. The fourth-order valence-electron chi connectivity index (χ4n) is 4.32. The van der Waals surface area contributed by atoms with E-state index < -0.39 is 11.9 Å². The average Bonchev–Trinajstić information content (AvgIpc) is 3.21. The van der Waals surface area contributed by atoms with E-state index in [0.29, 0.717) is 21.9 Å². The second-order valence-electron chi connectivity index (χ2n) is 8.62. The van der Waals surface area contributed by atoms with Gasteiger partial charge in [0.25, 0.3) is 5.91 Å². The number of carbonyl (C=O) groups excluding carboxylic acids is 2. The highest BCUT2D eigenvalue weighted by Crippen LogP contribution is 2.39. The average molecular weight is 489 g/mol. The van der Waals surface area contributed by atoms with Crippen molar-refractivity contribution in [3.8, 4) is 11.8 Å². The van der Waals surface area contributed by atoms with E-state index in [1.165, 1.54) is 11.3 Å². The number of amides is 1. The topological polar surface area (TPSA) is 88.4 Å². The lowest BCUT2D eigenvalue weighted by molar-refractivity contribution is -0.112. The normalized spacial score (nSPS) is 13.3. The van der Waals surface area contributed by atoms with Crippen LogP contribution in [0.1, 0.15) is 60.0 Å². The van der Waals surface area contributed by atoms with Crippen molar-refractivity contribution in [1.29, 1.82) is 5.26 Å². The zero-order chi connectivity index (χ0) is 24.9. The van der Waals surface area contributed by atoms with E-state index in [2.05, 4.69) is 5.32 Å². The van der Waals surface area contributed by atoms with Gasteiger partial charge in [-0.25, -0.2) is 4.79 Å². The lowest BCUT2D eigenvalue weighted by atomic mass is 9.95. The molecule has 0 bridgehead atoms. The number of anilines is 1. The predicted molar refractivity (Wildman–Crippen MR) is 139 cm³/mol. The molecule has 0 aliphatic heterocycles. The van der Waals surface area contributed by atoms with Gasteiger partial charge in [-0.1, -0.05) is 30.3 Å². The largest absolute Gasteiger partial charge is 0.490 e. The van der Waals surface area contributed by atoms with E-state index in [4.69, 9.17) is 9.47 Å². The Morgan fingerprint density at radius 1 is 1.17 bits per heavy atom. The maximum atomic E-state index is 13.3. The van der Waals surface area contributed by atoms with Crippen LogP contribution in [0, 0.1) is 11.3 Å². The molecule has 1 heterocycles. The minimum absolute atomic E-state index is 0.0730. The van der Waals surface area contributed by atoms with Crippen molar-refractivity contribution >= 4 is 45.1 Å². The molecule has 1 aliphatic rings. The van der Waals surface area contributed by atoms with Crippen LogP contribution in [-0.4, -0.2) is 24.6 Å². The first-order valence-electron chi connectivity index (χ1n) is 11.9. The number of nitrogens with zero attached hydrogens (tertiary/aromatic N) is 1. The second kappa shape index (κ2) is 10.7. The van der Waals surface area contributed by atoms with Gasteiger partial charge in [-0.05, 0) is 74.9 Å². The van der Waals surface area contributed by atoms with Crippen LogP contribution in [0.15, 0.2) is 42.0 Å². The maximum absolute atomic E-state index is 13.3. The van der Waals surface area contributed by atoms with E-state index in [1.807, 2.05) is 56.3 Å².